The molecule has 0 fully saturated rings. The van der Waals surface area contributed by atoms with Crippen molar-refractivity contribution in [3.8, 4) is 0 Å². The monoisotopic (exact) mass is 561 g/mol. The second-order valence-corrected chi connectivity index (χ2v) is 0. The third-order valence-corrected chi connectivity index (χ3v) is 0. The summed E-state index contributed by atoms with van der Waals surface area (Å²) in [5.41, 5.74) is 0. The quantitative estimate of drug-likeness (QED) is 0.360. The van der Waals surface area contributed by atoms with E-state index >= 15 is 0 Å². The van der Waals surface area contributed by atoms with Crippen LogP contribution in [-0.2, 0) is 164 Å². The average Bonchev–Trinajstić information content (AvgIpc) is 0. The molecule has 0 rings (SSSR count). The second kappa shape index (κ2) is 56.0. The molecule has 0 spiro atoms. The molecule has 8 heteroatoms. The van der Waals surface area contributed by atoms with Crippen LogP contribution in [-0.4, -0.2) is 0 Å². The molecule has 16 valence electrons. The first-order valence-electron chi connectivity index (χ1n) is 0. The van der Waals surface area contributed by atoms with Crippen molar-refractivity contribution in [3.63, 3.8) is 0 Å². The third kappa shape index (κ3) is 42.7. The van der Waals surface area contributed by atoms with Crippen LogP contribution >= 0.6 is 0 Å². The normalized spacial score (nSPS) is 0. The molecule has 0 bridgehead atoms. The van der Waals surface area contributed by atoms with Crippen molar-refractivity contribution in [1.82, 2.24) is 0 Å². The van der Waals surface area contributed by atoms with Gasteiger partial charge in [0.2, 0.25) is 0 Å². The Morgan fingerprint density at radius 3 is 0.250 bits per heavy atom. The fourth-order valence-electron chi connectivity index (χ4n) is 0. The summed E-state index contributed by atoms with van der Waals surface area (Å²) in [5, 5.41) is 0. The van der Waals surface area contributed by atoms with Gasteiger partial charge >= 0.3 is 0 Å². The van der Waals surface area contributed by atoms with E-state index in [9.17, 15) is 0 Å². The van der Waals surface area contributed by atoms with Gasteiger partial charge in [-0.05, 0) is 0 Å². The van der Waals surface area contributed by atoms with Gasteiger partial charge in [0, 0.05) is 164 Å². The standard InChI is InChI=1S/Cd.7Zn. The van der Waals surface area contributed by atoms with E-state index in [1.54, 1.807) is 0 Å². The van der Waals surface area contributed by atoms with Crippen LogP contribution in [0.4, 0.5) is 0 Å². The Hall–Kier alpha value is 5.29. The van der Waals surface area contributed by atoms with Crippen LogP contribution in [0, 0.1) is 0 Å². The minimum absolute atomic E-state index is 0. The summed E-state index contributed by atoms with van der Waals surface area (Å²) < 4.78 is 0. The Bertz CT molecular complexity index is 4.35. The smallest absolute Gasteiger partial charge is 0 e. The topological polar surface area (TPSA) is 0 Å². The summed E-state index contributed by atoms with van der Waals surface area (Å²) in [6, 6.07) is 0. The van der Waals surface area contributed by atoms with Gasteiger partial charge in [-0.3, -0.25) is 0 Å². The van der Waals surface area contributed by atoms with Crippen LogP contribution < -0.4 is 0 Å². The number of hydrogen-bond acceptors (Lipinski definition) is 0. The molecule has 8 heavy (non-hydrogen) atoms. The van der Waals surface area contributed by atoms with E-state index in [1.807, 2.05) is 0 Å². The molecule has 0 aromatic carbocycles. The Morgan fingerprint density at radius 2 is 0.250 bits per heavy atom. The molecule has 0 aliphatic heterocycles. The zero-order chi connectivity index (χ0) is 0. The fraction of sp³-hybridized carbons (Fsp3) is 0. The number of hydrogen-bond donors (Lipinski definition) is 0. The average molecular weight is 570 g/mol. The molecule has 0 amide bonds. The van der Waals surface area contributed by atoms with Crippen molar-refractivity contribution in [2.45, 2.75) is 0 Å². The minimum atomic E-state index is 0. The SMILES string of the molecule is [Cd].[Zn].[Zn].[Zn].[Zn].[Zn].[Zn].[Zn]. The molecule has 0 saturated heterocycles. The van der Waals surface area contributed by atoms with Gasteiger partial charge in [0.25, 0.3) is 0 Å². The summed E-state index contributed by atoms with van der Waals surface area (Å²) in [4.78, 5) is 0. The van der Waals surface area contributed by atoms with Crippen LogP contribution in [0.25, 0.3) is 0 Å². The summed E-state index contributed by atoms with van der Waals surface area (Å²) >= 11 is 0. The Kier molecular flexibility index (Phi) is 503. The van der Waals surface area contributed by atoms with Gasteiger partial charge in [0.05, 0.1) is 0 Å². The Morgan fingerprint density at radius 1 is 0.250 bits per heavy atom. The first-order chi connectivity index (χ1) is 0. The van der Waals surface area contributed by atoms with Crippen LogP contribution in [0.15, 0.2) is 0 Å². The summed E-state index contributed by atoms with van der Waals surface area (Å²) in [7, 11) is 0. The van der Waals surface area contributed by atoms with E-state index in [0.29, 0.717) is 0 Å². The zero-order valence-electron chi connectivity index (χ0n) is 5.66. The molecule has 0 radical (unpaired) electrons. The van der Waals surface area contributed by atoms with E-state index in [0.717, 1.165) is 0 Å². The van der Waals surface area contributed by atoms with Gasteiger partial charge in [0.15, 0.2) is 0 Å². The summed E-state index contributed by atoms with van der Waals surface area (Å²) in [5.74, 6) is 0. The Labute approximate surface area is 160 Å². The third-order valence-electron chi connectivity index (χ3n) is 0. The largest absolute Gasteiger partial charge is 0 e. The molecule has 0 N–H and O–H groups in total. The van der Waals surface area contributed by atoms with Crippen LogP contribution in [0.1, 0.15) is 0 Å². The second-order valence-electron chi connectivity index (χ2n) is 0. The van der Waals surface area contributed by atoms with Crippen LogP contribution in [0.5, 0.6) is 0 Å². The summed E-state index contributed by atoms with van der Waals surface area (Å²) in [6.45, 7) is 0. The molecule has 0 aromatic rings. The molecule has 0 unspecified atom stereocenters. The molecular formula is CdZn7. The predicted octanol–water partition coefficient (Wildman–Crippen LogP) is -0.0200. The zero-order valence-corrected chi connectivity index (χ0v) is 30.5. The van der Waals surface area contributed by atoms with Crippen LogP contribution in [0.3, 0.4) is 0 Å². The number of rotatable bonds is 0. The van der Waals surface area contributed by atoms with Crippen molar-refractivity contribution in [2.24, 2.45) is 0 Å². The first-order valence-corrected chi connectivity index (χ1v) is 0. The minimum Gasteiger partial charge on any atom is 0 e. The van der Waals surface area contributed by atoms with E-state index in [1.165, 1.54) is 0 Å². The van der Waals surface area contributed by atoms with Crippen LogP contribution in [0.2, 0.25) is 0 Å². The predicted molar refractivity (Wildman–Crippen MR) is 0 cm³/mol. The van der Waals surface area contributed by atoms with E-state index in [-0.39, 0.29) is 164 Å². The van der Waals surface area contributed by atoms with Gasteiger partial charge in [-0.15, -0.1) is 0 Å². The molecule has 0 aliphatic carbocycles. The van der Waals surface area contributed by atoms with E-state index < -0.39 is 0 Å². The van der Waals surface area contributed by atoms with Gasteiger partial charge in [0.1, 0.15) is 0 Å². The van der Waals surface area contributed by atoms with Crippen molar-refractivity contribution >= 4 is 0 Å². The first kappa shape index (κ1) is 71.8. The maximum Gasteiger partial charge on any atom is 0 e. The molecule has 0 heterocycles. The van der Waals surface area contributed by atoms with Crippen molar-refractivity contribution in [3.05, 3.63) is 0 Å². The molecular weight excluding hydrogens is 570 g/mol. The van der Waals surface area contributed by atoms with Crippen molar-refractivity contribution < 1.29 is 164 Å². The van der Waals surface area contributed by atoms with Crippen molar-refractivity contribution in [1.29, 1.82) is 0 Å². The fourth-order valence-corrected chi connectivity index (χ4v) is 0. The van der Waals surface area contributed by atoms with E-state index in [4.69, 9.17) is 0 Å². The van der Waals surface area contributed by atoms with Gasteiger partial charge in [-0.2, -0.15) is 0 Å². The summed E-state index contributed by atoms with van der Waals surface area (Å²) in [6.07, 6.45) is 0. The molecule has 0 aliphatic rings. The van der Waals surface area contributed by atoms with Gasteiger partial charge < -0.3 is 0 Å². The molecule has 0 atom stereocenters. The molecule has 0 nitrogen and oxygen atoms in total. The maximum atomic E-state index is 0. The van der Waals surface area contributed by atoms with E-state index in [2.05, 4.69) is 0 Å². The van der Waals surface area contributed by atoms with Gasteiger partial charge in [-0.1, -0.05) is 0 Å². The molecule has 0 aromatic heterocycles. The van der Waals surface area contributed by atoms with Crippen molar-refractivity contribution in [2.75, 3.05) is 0 Å². The molecule has 0 saturated carbocycles. The Balaban J connectivity index is 0. The maximum absolute atomic E-state index is 0. The van der Waals surface area contributed by atoms with Gasteiger partial charge in [-0.25, -0.2) is 0 Å².